The van der Waals surface area contributed by atoms with Gasteiger partial charge in [-0.2, -0.15) is 0 Å². The fraction of sp³-hybridized carbons (Fsp3) is 0.400. The van der Waals surface area contributed by atoms with Gasteiger partial charge in [-0.15, -0.1) is 0 Å². The van der Waals surface area contributed by atoms with Crippen molar-refractivity contribution in [2.24, 2.45) is 5.73 Å². The zero-order valence-corrected chi connectivity index (χ0v) is 7.61. The Bertz CT molecular complexity index is 343. The minimum atomic E-state index is -0.844. The first kappa shape index (κ1) is 9.43. The van der Waals surface area contributed by atoms with E-state index in [-0.39, 0.29) is 5.82 Å². The van der Waals surface area contributed by atoms with Crippen molar-refractivity contribution in [3.8, 4) is 5.75 Å². The maximum Gasteiger partial charge on any atom is 0.125 e. The predicted molar refractivity (Wildman–Crippen MR) is 49.4 cm³/mol. The summed E-state index contributed by atoms with van der Waals surface area (Å²) in [5, 5.41) is 9.76. The molecular weight excluding hydrogens is 185 g/mol. The number of rotatable bonds is 0. The number of ether oxygens (including phenoxy) is 1. The van der Waals surface area contributed by atoms with Gasteiger partial charge in [-0.25, -0.2) is 4.39 Å². The molecule has 0 saturated carbocycles. The minimum absolute atomic E-state index is 0.388. The van der Waals surface area contributed by atoms with Gasteiger partial charge in [-0.1, -0.05) is 0 Å². The summed E-state index contributed by atoms with van der Waals surface area (Å²) in [6, 6.07) is 3.71. The van der Waals surface area contributed by atoms with Crippen molar-refractivity contribution in [3.05, 3.63) is 29.6 Å². The number of aliphatic hydroxyl groups is 1. The first-order chi connectivity index (χ1) is 6.68. The van der Waals surface area contributed by atoms with E-state index < -0.39 is 12.1 Å². The summed E-state index contributed by atoms with van der Waals surface area (Å²) in [4.78, 5) is 0. The van der Waals surface area contributed by atoms with E-state index in [4.69, 9.17) is 10.5 Å². The quantitative estimate of drug-likeness (QED) is 0.651. The summed E-state index contributed by atoms with van der Waals surface area (Å²) < 4.78 is 18.3. The van der Waals surface area contributed by atoms with Crippen LogP contribution in [0.1, 0.15) is 18.1 Å². The zero-order valence-electron chi connectivity index (χ0n) is 7.61. The van der Waals surface area contributed by atoms with E-state index in [0.717, 1.165) is 0 Å². The van der Waals surface area contributed by atoms with Crippen molar-refractivity contribution in [3.63, 3.8) is 0 Å². The molecular formula is C10H12FNO2. The molecule has 1 aromatic carbocycles. The van der Waals surface area contributed by atoms with Gasteiger partial charge in [0.15, 0.2) is 0 Å². The van der Waals surface area contributed by atoms with Crippen LogP contribution in [0.15, 0.2) is 18.2 Å². The van der Waals surface area contributed by atoms with Gasteiger partial charge < -0.3 is 15.6 Å². The van der Waals surface area contributed by atoms with E-state index in [9.17, 15) is 9.50 Å². The molecule has 0 radical (unpaired) electrons. The smallest absolute Gasteiger partial charge is 0.125 e. The van der Waals surface area contributed by atoms with E-state index in [2.05, 4.69) is 0 Å². The molecule has 1 aliphatic rings. The van der Waals surface area contributed by atoms with E-state index in [1.54, 1.807) is 0 Å². The van der Waals surface area contributed by atoms with E-state index in [1.165, 1.54) is 18.2 Å². The van der Waals surface area contributed by atoms with Gasteiger partial charge in [0, 0.05) is 11.6 Å². The van der Waals surface area contributed by atoms with Gasteiger partial charge in [-0.3, -0.25) is 0 Å². The van der Waals surface area contributed by atoms with E-state index in [1.807, 2.05) is 0 Å². The number of fused-ring (bicyclic) bond motifs is 1. The molecule has 0 aliphatic carbocycles. The van der Waals surface area contributed by atoms with Crippen LogP contribution in [-0.2, 0) is 0 Å². The van der Waals surface area contributed by atoms with Crippen molar-refractivity contribution in [1.82, 2.24) is 0 Å². The molecule has 3 nitrogen and oxygen atoms in total. The molecule has 2 rings (SSSR count). The maximum absolute atomic E-state index is 12.9. The molecule has 1 heterocycles. The van der Waals surface area contributed by atoms with Gasteiger partial charge >= 0.3 is 0 Å². The van der Waals surface area contributed by atoms with Gasteiger partial charge in [-0.05, 0) is 24.6 Å². The summed E-state index contributed by atoms with van der Waals surface area (Å²) in [5.74, 6) is 0.132. The molecule has 76 valence electrons. The second-order valence-corrected chi connectivity index (χ2v) is 3.43. The lowest BCUT2D eigenvalue weighted by molar-refractivity contribution is 0.144. The molecule has 1 aliphatic heterocycles. The van der Waals surface area contributed by atoms with Crippen LogP contribution in [0.25, 0.3) is 0 Å². The Labute approximate surface area is 81.3 Å². The summed E-state index contributed by atoms with van der Waals surface area (Å²) in [7, 11) is 0. The average molecular weight is 197 g/mol. The van der Waals surface area contributed by atoms with Crippen LogP contribution >= 0.6 is 0 Å². The highest BCUT2D eigenvalue weighted by molar-refractivity contribution is 5.37. The molecule has 0 saturated heterocycles. The Morgan fingerprint density at radius 1 is 1.50 bits per heavy atom. The highest BCUT2D eigenvalue weighted by Gasteiger charge is 2.24. The molecule has 1 aromatic rings. The predicted octanol–water partition coefficient (Wildman–Crippen LogP) is 0.969. The third-order valence-corrected chi connectivity index (χ3v) is 2.40. The topological polar surface area (TPSA) is 55.5 Å². The van der Waals surface area contributed by atoms with Crippen LogP contribution in [0.2, 0.25) is 0 Å². The van der Waals surface area contributed by atoms with Gasteiger partial charge in [0.1, 0.15) is 11.6 Å². The van der Waals surface area contributed by atoms with Crippen LogP contribution in [0.3, 0.4) is 0 Å². The molecule has 0 bridgehead atoms. The molecule has 0 unspecified atom stereocenters. The second kappa shape index (κ2) is 3.55. The number of aliphatic hydroxyl groups excluding tert-OH is 1. The Morgan fingerprint density at radius 2 is 2.29 bits per heavy atom. The summed E-state index contributed by atoms with van der Waals surface area (Å²) >= 11 is 0. The summed E-state index contributed by atoms with van der Waals surface area (Å²) in [5.41, 5.74) is 6.13. The molecule has 0 spiro atoms. The zero-order chi connectivity index (χ0) is 10.1. The van der Waals surface area contributed by atoms with Crippen LogP contribution in [-0.4, -0.2) is 17.8 Å². The maximum atomic E-state index is 12.9. The van der Waals surface area contributed by atoms with Gasteiger partial charge in [0.2, 0.25) is 0 Å². The number of benzene rings is 1. The number of halogens is 1. The Hall–Kier alpha value is -1.13. The highest BCUT2D eigenvalue weighted by Crippen LogP contribution is 2.31. The Kier molecular flexibility index (Phi) is 2.39. The molecule has 14 heavy (non-hydrogen) atoms. The minimum Gasteiger partial charge on any atom is -0.493 e. The van der Waals surface area contributed by atoms with Crippen LogP contribution in [0, 0.1) is 5.82 Å². The van der Waals surface area contributed by atoms with Crippen molar-refractivity contribution >= 4 is 0 Å². The SMILES string of the molecule is N[C@@H]1CCOc2ccc(F)cc2[C@H]1O. The molecule has 3 N–H and O–H groups in total. The lowest BCUT2D eigenvalue weighted by atomic mass is 10.0. The Balaban J connectivity index is 2.44. The Morgan fingerprint density at radius 3 is 3.07 bits per heavy atom. The lowest BCUT2D eigenvalue weighted by Gasteiger charge is -2.15. The summed E-state index contributed by atoms with van der Waals surface area (Å²) in [6.45, 7) is 0.455. The van der Waals surface area contributed by atoms with Crippen LogP contribution < -0.4 is 10.5 Å². The highest BCUT2D eigenvalue weighted by atomic mass is 19.1. The fourth-order valence-corrected chi connectivity index (χ4v) is 1.58. The largest absolute Gasteiger partial charge is 0.493 e. The third kappa shape index (κ3) is 1.58. The van der Waals surface area contributed by atoms with Gasteiger partial charge in [0.25, 0.3) is 0 Å². The van der Waals surface area contributed by atoms with Gasteiger partial charge in [0.05, 0.1) is 12.7 Å². The van der Waals surface area contributed by atoms with Crippen molar-refractivity contribution in [1.29, 1.82) is 0 Å². The molecule has 0 fully saturated rings. The fourth-order valence-electron chi connectivity index (χ4n) is 1.58. The monoisotopic (exact) mass is 197 g/mol. The van der Waals surface area contributed by atoms with Crippen molar-refractivity contribution < 1.29 is 14.2 Å². The molecule has 0 amide bonds. The molecule has 4 heteroatoms. The first-order valence-corrected chi connectivity index (χ1v) is 4.54. The van der Waals surface area contributed by atoms with E-state index >= 15 is 0 Å². The molecule has 2 atom stereocenters. The number of nitrogens with two attached hydrogens (primary N) is 1. The first-order valence-electron chi connectivity index (χ1n) is 4.54. The standard InChI is InChI=1S/C10H12FNO2/c11-6-1-2-9-7(5-6)10(13)8(12)3-4-14-9/h1-2,5,8,10,13H,3-4,12H2/t8-,10-/m1/s1. The van der Waals surface area contributed by atoms with Crippen LogP contribution in [0.4, 0.5) is 4.39 Å². The average Bonchev–Trinajstić information content (AvgIpc) is 2.30. The second-order valence-electron chi connectivity index (χ2n) is 3.43. The van der Waals surface area contributed by atoms with Crippen LogP contribution in [0.5, 0.6) is 5.75 Å². The number of hydrogen-bond donors (Lipinski definition) is 2. The van der Waals surface area contributed by atoms with Crippen molar-refractivity contribution in [2.45, 2.75) is 18.6 Å². The van der Waals surface area contributed by atoms with Crippen molar-refractivity contribution in [2.75, 3.05) is 6.61 Å². The molecule has 0 aromatic heterocycles. The van der Waals surface area contributed by atoms with E-state index in [0.29, 0.717) is 24.3 Å². The number of hydrogen-bond acceptors (Lipinski definition) is 3. The summed E-state index contributed by atoms with van der Waals surface area (Å²) in [6.07, 6.45) is -0.277. The normalized spacial score (nSPS) is 26.2. The third-order valence-electron chi connectivity index (χ3n) is 2.40. The lowest BCUT2D eigenvalue weighted by Crippen LogP contribution is -2.28.